The average Bonchev–Trinajstić information content (AvgIpc) is 1.84. The van der Waals surface area contributed by atoms with Crippen molar-refractivity contribution in [3.05, 3.63) is 0 Å². The Morgan fingerprint density at radius 2 is 1.70 bits per heavy atom. The summed E-state index contributed by atoms with van der Waals surface area (Å²) in [6, 6.07) is 0. The van der Waals surface area contributed by atoms with Gasteiger partial charge in [0.15, 0.2) is 0 Å². The summed E-state index contributed by atoms with van der Waals surface area (Å²) in [4.78, 5) is 0. The van der Waals surface area contributed by atoms with Crippen LogP contribution in [0.4, 0.5) is 0 Å². The summed E-state index contributed by atoms with van der Waals surface area (Å²) >= 11 is 0. The second-order valence-corrected chi connectivity index (χ2v) is 2.86. The lowest BCUT2D eigenvalue weighted by molar-refractivity contribution is 0.521. The van der Waals surface area contributed by atoms with E-state index < -0.39 is 0 Å². The van der Waals surface area contributed by atoms with Gasteiger partial charge in [-0.1, -0.05) is 5.92 Å². The highest BCUT2D eigenvalue weighted by atomic mass is 14.1. The fraction of sp³-hybridized carbons (Fsp3) is 0.600. The first kappa shape index (κ1) is 9.12. The van der Waals surface area contributed by atoms with E-state index in [1.54, 1.807) is 0 Å². The maximum atomic E-state index is 3.10. The molecule has 0 saturated heterocycles. The summed E-state index contributed by atoms with van der Waals surface area (Å²) in [6.07, 6.45) is 0.865. The van der Waals surface area contributed by atoms with Gasteiger partial charge in [0.2, 0.25) is 0 Å². The summed E-state index contributed by atoms with van der Waals surface area (Å²) < 4.78 is 0. The van der Waals surface area contributed by atoms with Crippen molar-refractivity contribution in [1.82, 2.24) is 0 Å². The van der Waals surface area contributed by atoms with Gasteiger partial charge in [0, 0.05) is 11.8 Å². The van der Waals surface area contributed by atoms with Crippen LogP contribution in [-0.4, -0.2) is 0 Å². The van der Waals surface area contributed by atoms with Gasteiger partial charge in [-0.25, -0.2) is 0 Å². The third kappa shape index (κ3) is 4.04. The van der Waals surface area contributed by atoms with Crippen molar-refractivity contribution in [1.29, 1.82) is 0 Å². The molecule has 0 radical (unpaired) electrons. The Morgan fingerprint density at radius 3 is 2.10 bits per heavy atom. The first-order chi connectivity index (χ1) is 4.62. The van der Waals surface area contributed by atoms with E-state index in [4.69, 9.17) is 0 Å². The van der Waals surface area contributed by atoms with Crippen molar-refractivity contribution >= 4 is 0 Å². The van der Waals surface area contributed by atoms with Crippen LogP contribution in [0.2, 0.25) is 0 Å². The number of hydrogen-bond donors (Lipinski definition) is 0. The van der Waals surface area contributed by atoms with Crippen molar-refractivity contribution in [2.75, 3.05) is 0 Å². The van der Waals surface area contributed by atoms with Gasteiger partial charge in [-0.2, -0.15) is 0 Å². The van der Waals surface area contributed by atoms with Crippen LogP contribution in [0, 0.1) is 29.1 Å². The zero-order chi connectivity index (χ0) is 8.04. The zero-order valence-electron chi connectivity index (χ0n) is 7.21. The number of rotatable bonds is 1. The molecule has 0 aromatic heterocycles. The van der Waals surface area contributed by atoms with Crippen LogP contribution in [0.25, 0.3) is 0 Å². The summed E-state index contributed by atoms with van der Waals surface area (Å²) in [5.41, 5.74) is 0.0672. The second-order valence-electron chi connectivity index (χ2n) is 2.86. The predicted molar refractivity (Wildman–Crippen MR) is 45.3 cm³/mol. The highest BCUT2D eigenvalue weighted by Crippen LogP contribution is 2.17. The molecule has 0 unspecified atom stereocenters. The normalized spacial score (nSPS) is 8.80. The van der Waals surface area contributed by atoms with Gasteiger partial charge < -0.3 is 0 Å². The molecule has 0 aliphatic rings. The molecule has 0 aliphatic heterocycles. The van der Waals surface area contributed by atoms with Gasteiger partial charge in [-0.05, 0) is 27.7 Å². The molecular weight excluding hydrogens is 120 g/mol. The standard InChI is InChI=1S/C10H14/c1-5-7-9-10(3,4)8-6-2/h9H2,1-4H3. The molecule has 0 N–H and O–H groups in total. The van der Waals surface area contributed by atoms with Crippen LogP contribution in [0.1, 0.15) is 34.1 Å². The van der Waals surface area contributed by atoms with E-state index in [0.717, 1.165) is 6.42 Å². The van der Waals surface area contributed by atoms with Crippen molar-refractivity contribution in [2.24, 2.45) is 5.41 Å². The first-order valence-electron chi connectivity index (χ1n) is 3.46. The molecule has 0 spiro atoms. The monoisotopic (exact) mass is 134 g/mol. The molecule has 0 rings (SSSR count). The molecule has 10 heavy (non-hydrogen) atoms. The zero-order valence-corrected chi connectivity index (χ0v) is 7.21. The Morgan fingerprint density at radius 1 is 1.10 bits per heavy atom. The van der Waals surface area contributed by atoms with Crippen molar-refractivity contribution in [3.63, 3.8) is 0 Å². The molecule has 0 atom stereocenters. The summed E-state index contributed by atoms with van der Waals surface area (Å²) in [7, 11) is 0. The Kier molecular flexibility index (Phi) is 3.67. The largest absolute Gasteiger partial charge is 0.107 e. The molecule has 0 heteroatoms. The van der Waals surface area contributed by atoms with Crippen LogP contribution in [-0.2, 0) is 0 Å². The maximum absolute atomic E-state index is 3.10. The van der Waals surface area contributed by atoms with Gasteiger partial charge in [-0.3, -0.25) is 0 Å². The van der Waals surface area contributed by atoms with Crippen LogP contribution in [0.15, 0.2) is 0 Å². The molecule has 54 valence electrons. The van der Waals surface area contributed by atoms with E-state index in [0.29, 0.717) is 0 Å². The van der Waals surface area contributed by atoms with Crippen LogP contribution < -0.4 is 0 Å². The van der Waals surface area contributed by atoms with E-state index in [2.05, 4.69) is 37.5 Å². The van der Waals surface area contributed by atoms with Crippen LogP contribution in [0.3, 0.4) is 0 Å². The lowest BCUT2D eigenvalue weighted by Crippen LogP contribution is -2.05. The Hall–Kier alpha value is -0.880. The molecule has 0 bridgehead atoms. The Balaban J connectivity index is 4.03. The van der Waals surface area contributed by atoms with Gasteiger partial charge >= 0.3 is 0 Å². The van der Waals surface area contributed by atoms with E-state index in [1.165, 1.54) is 0 Å². The molecule has 0 fully saturated rings. The minimum absolute atomic E-state index is 0.0672. The molecule has 0 aromatic rings. The number of hydrogen-bond acceptors (Lipinski definition) is 0. The maximum Gasteiger partial charge on any atom is 0.0367 e. The summed E-state index contributed by atoms with van der Waals surface area (Å²) in [5, 5.41) is 0. The molecule has 0 amide bonds. The fourth-order valence-electron chi connectivity index (χ4n) is 0.692. The highest BCUT2D eigenvalue weighted by Gasteiger charge is 2.10. The lowest BCUT2D eigenvalue weighted by atomic mass is 9.91. The third-order valence-corrected chi connectivity index (χ3v) is 1.17. The average molecular weight is 134 g/mol. The van der Waals surface area contributed by atoms with Crippen LogP contribution in [0.5, 0.6) is 0 Å². The quantitative estimate of drug-likeness (QED) is 0.483. The molecule has 0 aromatic carbocycles. The predicted octanol–water partition coefficient (Wildman–Crippen LogP) is 2.45. The first-order valence-corrected chi connectivity index (χ1v) is 3.46. The smallest absolute Gasteiger partial charge is 0.0367 e. The third-order valence-electron chi connectivity index (χ3n) is 1.17. The van der Waals surface area contributed by atoms with Gasteiger partial charge in [0.25, 0.3) is 0 Å². The van der Waals surface area contributed by atoms with E-state index in [-0.39, 0.29) is 5.41 Å². The summed E-state index contributed by atoms with van der Waals surface area (Å²) in [5.74, 6) is 11.9. The molecular formula is C10H14. The second kappa shape index (κ2) is 4.02. The van der Waals surface area contributed by atoms with Crippen LogP contribution >= 0.6 is 0 Å². The lowest BCUT2D eigenvalue weighted by Gasteiger charge is -2.11. The van der Waals surface area contributed by atoms with Gasteiger partial charge in [0.1, 0.15) is 0 Å². The topological polar surface area (TPSA) is 0 Å². The van der Waals surface area contributed by atoms with E-state index >= 15 is 0 Å². The van der Waals surface area contributed by atoms with Gasteiger partial charge in [0.05, 0.1) is 0 Å². The van der Waals surface area contributed by atoms with Crippen molar-refractivity contribution in [3.8, 4) is 23.7 Å². The minimum Gasteiger partial charge on any atom is -0.107 e. The highest BCUT2D eigenvalue weighted by molar-refractivity contribution is 5.12. The Bertz CT molecular complexity index is 200. The van der Waals surface area contributed by atoms with E-state index in [9.17, 15) is 0 Å². The molecule has 0 aliphatic carbocycles. The molecule has 0 nitrogen and oxygen atoms in total. The van der Waals surface area contributed by atoms with E-state index in [1.807, 2.05) is 13.8 Å². The fourth-order valence-corrected chi connectivity index (χ4v) is 0.692. The molecule has 0 heterocycles. The minimum atomic E-state index is 0.0672. The SMILES string of the molecule is CC#CCC(C)(C)C#CC. The molecule has 0 saturated carbocycles. The van der Waals surface area contributed by atoms with Gasteiger partial charge in [-0.15, -0.1) is 17.8 Å². The van der Waals surface area contributed by atoms with Crippen molar-refractivity contribution in [2.45, 2.75) is 34.1 Å². The van der Waals surface area contributed by atoms with Crippen molar-refractivity contribution < 1.29 is 0 Å². The Labute approximate surface area is 64.0 Å². The summed E-state index contributed by atoms with van der Waals surface area (Å²) in [6.45, 7) is 7.93.